The number of aryl methyl sites for hydroxylation is 1. The molecule has 2 N–H and O–H groups in total. The number of hydrogen-bond acceptors (Lipinski definition) is 4. The van der Waals surface area contributed by atoms with Crippen LogP contribution in [0.25, 0.3) is 10.8 Å². The van der Waals surface area contributed by atoms with Crippen molar-refractivity contribution in [2.75, 3.05) is 11.9 Å². The van der Waals surface area contributed by atoms with Crippen LogP contribution in [0, 0.1) is 13.8 Å². The van der Waals surface area contributed by atoms with E-state index in [0.29, 0.717) is 5.69 Å². The first-order valence-electron chi connectivity index (χ1n) is 14.7. The molecule has 43 heavy (non-hydrogen) atoms. The highest BCUT2D eigenvalue weighted by Crippen LogP contribution is 2.29. The summed E-state index contributed by atoms with van der Waals surface area (Å²) in [5.74, 6) is -0.716. The van der Waals surface area contributed by atoms with E-state index in [2.05, 4.69) is 10.6 Å². The van der Waals surface area contributed by atoms with E-state index in [4.69, 9.17) is 4.74 Å². The van der Waals surface area contributed by atoms with Gasteiger partial charge in [0.1, 0.15) is 17.7 Å². The highest BCUT2D eigenvalue weighted by atomic mass is 16.6. The second-order valence-electron chi connectivity index (χ2n) is 11.8. The average Bonchev–Trinajstić information content (AvgIpc) is 2.96. The van der Waals surface area contributed by atoms with Gasteiger partial charge in [-0.1, -0.05) is 78.9 Å². The molecule has 3 amide bonds. The van der Waals surface area contributed by atoms with Gasteiger partial charge in [0.05, 0.1) is 0 Å². The van der Waals surface area contributed by atoms with E-state index in [-0.39, 0.29) is 24.8 Å². The Morgan fingerprint density at radius 2 is 1.51 bits per heavy atom. The molecule has 0 aliphatic carbocycles. The van der Waals surface area contributed by atoms with E-state index in [1.54, 1.807) is 25.7 Å². The third kappa shape index (κ3) is 8.01. The van der Waals surface area contributed by atoms with Crippen molar-refractivity contribution in [3.63, 3.8) is 0 Å². The number of carbonyl (C=O) groups is 3. The zero-order chi connectivity index (χ0) is 31.1. The summed E-state index contributed by atoms with van der Waals surface area (Å²) in [6.45, 7) is 11.3. The third-order valence-electron chi connectivity index (χ3n) is 7.41. The standard InChI is InChI=1S/C36H41N3O4/c1-7-39(34(41)31(22-26-15-9-8-10-16-26)38-35(42)43-36(4,5)6)32(30-19-13-14-24(2)25(30)3)33(40)37-29-21-20-27-17-11-12-18-28(27)23-29/h8-21,23,31-32H,7,22H2,1-6H3,(H,37,40)(H,38,42). The Labute approximate surface area is 254 Å². The fourth-order valence-corrected chi connectivity index (χ4v) is 5.16. The summed E-state index contributed by atoms with van der Waals surface area (Å²) < 4.78 is 5.51. The number of fused-ring (bicyclic) bond motifs is 1. The van der Waals surface area contributed by atoms with Crippen LogP contribution in [0.1, 0.15) is 56.0 Å². The van der Waals surface area contributed by atoms with Crippen molar-refractivity contribution >= 4 is 34.4 Å². The third-order valence-corrected chi connectivity index (χ3v) is 7.41. The van der Waals surface area contributed by atoms with Crippen LogP contribution < -0.4 is 10.6 Å². The van der Waals surface area contributed by atoms with Gasteiger partial charge in [0.25, 0.3) is 5.91 Å². The quantitative estimate of drug-likeness (QED) is 0.221. The van der Waals surface area contributed by atoms with Crippen LogP contribution in [0.15, 0.2) is 91.0 Å². The van der Waals surface area contributed by atoms with Crippen molar-refractivity contribution in [3.8, 4) is 0 Å². The minimum atomic E-state index is -0.960. The minimum absolute atomic E-state index is 0.237. The molecule has 0 radical (unpaired) electrons. The second-order valence-corrected chi connectivity index (χ2v) is 11.8. The highest BCUT2D eigenvalue weighted by Gasteiger charge is 2.36. The Morgan fingerprint density at radius 3 is 2.19 bits per heavy atom. The first kappa shape index (κ1) is 31.3. The van der Waals surface area contributed by atoms with E-state index < -0.39 is 23.8 Å². The summed E-state index contributed by atoms with van der Waals surface area (Å²) in [7, 11) is 0. The lowest BCUT2D eigenvalue weighted by atomic mass is 9.94. The summed E-state index contributed by atoms with van der Waals surface area (Å²) >= 11 is 0. The van der Waals surface area contributed by atoms with Crippen LogP contribution in [-0.2, 0) is 20.7 Å². The summed E-state index contributed by atoms with van der Waals surface area (Å²) in [6.07, 6.45) is -0.456. The predicted molar refractivity (Wildman–Crippen MR) is 172 cm³/mol. The van der Waals surface area contributed by atoms with Crippen molar-refractivity contribution in [2.45, 2.75) is 65.6 Å². The molecule has 7 nitrogen and oxygen atoms in total. The molecule has 0 heterocycles. The molecular weight excluding hydrogens is 538 g/mol. The van der Waals surface area contributed by atoms with Crippen molar-refractivity contribution in [1.82, 2.24) is 10.2 Å². The van der Waals surface area contributed by atoms with Crippen LogP contribution >= 0.6 is 0 Å². The Balaban J connectivity index is 1.73. The van der Waals surface area contributed by atoms with Crippen LogP contribution in [0.2, 0.25) is 0 Å². The molecular formula is C36H41N3O4. The molecule has 2 atom stereocenters. The van der Waals surface area contributed by atoms with Gasteiger partial charge in [0.15, 0.2) is 0 Å². The lowest BCUT2D eigenvalue weighted by molar-refractivity contribution is -0.140. The minimum Gasteiger partial charge on any atom is -0.444 e. The monoisotopic (exact) mass is 579 g/mol. The zero-order valence-corrected chi connectivity index (χ0v) is 25.8. The molecule has 0 aliphatic rings. The van der Waals surface area contributed by atoms with Crippen molar-refractivity contribution < 1.29 is 19.1 Å². The van der Waals surface area contributed by atoms with Crippen LogP contribution in [0.4, 0.5) is 10.5 Å². The molecule has 4 aromatic rings. The van der Waals surface area contributed by atoms with E-state index in [9.17, 15) is 14.4 Å². The molecule has 7 heteroatoms. The van der Waals surface area contributed by atoms with Crippen molar-refractivity contribution in [1.29, 1.82) is 0 Å². The summed E-state index contributed by atoms with van der Waals surface area (Å²) in [6, 6.07) is 27.0. The number of amides is 3. The molecule has 0 aliphatic heterocycles. The smallest absolute Gasteiger partial charge is 0.408 e. The summed E-state index contributed by atoms with van der Waals surface area (Å²) in [5.41, 5.74) is 3.43. The Hall–Kier alpha value is -4.65. The first-order chi connectivity index (χ1) is 20.5. The summed E-state index contributed by atoms with van der Waals surface area (Å²) in [4.78, 5) is 43.0. The fraction of sp³-hybridized carbons (Fsp3) is 0.306. The maximum atomic E-state index is 14.4. The number of alkyl carbamates (subject to hydrolysis) is 1. The Bertz CT molecular complexity index is 1590. The number of ether oxygens (including phenoxy) is 1. The molecule has 224 valence electrons. The molecule has 2 unspecified atom stereocenters. The van der Waals surface area contributed by atoms with E-state index >= 15 is 0 Å². The number of anilines is 1. The molecule has 4 aromatic carbocycles. The molecule has 0 bridgehead atoms. The maximum Gasteiger partial charge on any atom is 0.408 e. The normalized spacial score (nSPS) is 12.7. The molecule has 0 saturated heterocycles. The molecule has 0 aromatic heterocycles. The van der Waals surface area contributed by atoms with Crippen molar-refractivity contribution in [2.24, 2.45) is 0 Å². The summed E-state index contributed by atoms with van der Waals surface area (Å²) in [5, 5.41) is 7.92. The number of nitrogens with one attached hydrogen (secondary N) is 2. The van der Waals surface area contributed by atoms with Gasteiger partial charge in [0.2, 0.25) is 5.91 Å². The van der Waals surface area contributed by atoms with Gasteiger partial charge in [-0.05, 0) is 86.7 Å². The van der Waals surface area contributed by atoms with Gasteiger partial charge in [0, 0.05) is 18.7 Å². The molecule has 4 rings (SSSR count). The topological polar surface area (TPSA) is 87.7 Å². The number of carbonyl (C=O) groups excluding carboxylic acids is 3. The number of likely N-dealkylation sites (N-methyl/N-ethyl adjacent to an activating group) is 1. The molecule has 0 spiro atoms. The fourth-order valence-electron chi connectivity index (χ4n) is 5.16. The van der Waals surface area contributed by atoms with Gasteiger partial charge < -0.3 is 20.3 Å². The lowest BCUT2D eigenvalue weighted by Crippen LogP contribution is -2.53. The Morgan fingerprint density at radius 1 is 0.837 bits per heavy atom. The van der Waals surface area contributed by atoms with Gasteiger partial charge in [-0.3, -0.25) is 9.59 Å². The van der Waals surface area contributed by atoms with Crippen LogP contribution in [0.3, 0.4) is 0 Å². The number of benzene rings is 4. The number of hydrogen-bond donors (Lipinski definition) is 2. The lowest BCUT2D eigenvalue weighted by Gasteiger charge is -2.34. The molecule has 0 saturated carbocycles. The van der Waals surface area contributed by atoms with E-state index in [1.807, 2.05) is 112 Å². The largest absolute Gasteiger partial charge is 0.444 e. The van der Waals surface area contributed by atoms with Gasteiger partial charge in [-0.15, -0.1) is 0 Å². The van der Waals surface area contributed by atoms with Crippen molar-refractivity contribution in [3.05, 3.63) is 113 Å². The van der Waals surface area contributed by atoms with Gasteiger partial charge in [-0.2, -0.15) is 0 Å². The zero-order valence-electron chi connectivity index (χ0n) is 25.8. The maximum absolute atomic E-state index is 14.4. The van der Waals surface area contributed by atoms with E-state index in [1.165, 1.54) is 0 Å². The Kier molecular flexibility index (Phi) is 9.86. The second kappa shape index (κ2) is 13.6. The SMILES string of the molecule is CCN(C(=O)C(Cc1ccccc1)NC(=O)OC(C)(C)C)C(C(=O)Nc1ccc2ccccc2c1)c1cccc(C)c1C. The predicted octanol–water partition coefficient (Wildman–Crippen LogP) is 7.12. The van der Waals surface area contributed by atoms with Gasteiger partial charge >= 0.3 is 6.09 Å². The highest BCUT2D eigenvalue weighted by molar-refractivity contribution is 6.00. The number of nitrogens with zero attached hydrogens (tertiary/aromatic N) is 1. The van der Waals surface area contributed by atoms with Crippen LogP contribution in [-0.4, -0.2) is 41.0 Å². The number of rotatable bonds is 9. The first-order valence-corrected chi connectivity index (χ1v) is 14.7. The average molecular weight is 580 g/mol. The van der Waals surface area contributed by atoms with Crippen LogP contribution in [0.5, 0.6) is 0 Å². The van der Waals surface area contributed by atoms with Gasteiger partial charge in [-0.25, -0.2) is 4.79 Å². The van der Waals surface area contributed by atoms with E-state index in [0.717, 1.165) is 33.0 Å². The molecule has 0 fully saturated rings.